The van der Waals surface area contributed by atoms with Crippen LogP contribution in [0, 0.1) is 6.92 Å². The Morgan fingerprint density at radius 2 is 1.86 bits per heavy atom. The fourth-order valence-electron chi connectivity index (χ4n) is 3.67. The quantitative estimate of drug-likeness (QED) is 0.249. The summed E-state index contributed by atoms with van der Waals surface area (Å²) in [6, 6.07) is 18.3. The predicted octanol–water partition coefficient (Wildman–Crippen LogP) is 6.64. The molecule has 37 heavy (non-hydrogen) atoms. The van der Waals surface area contributed by atoms with Crippen LogP contribution in [0.25, 0.3) is 6.08 Å². The van der Waals surface area contributed by atoms with Crippen LogP contribution in [0.3, 0.4) is 0 Å². The number of amides is 2. The molecule has 0 aromatic heterocycles. The highest BCUT2D eigenvalue weighted by Gasteiger charge is 2.33. The molecule has 0 bridgehead atoms. The van der Waals surface area contributed by atoms with E-state index in [4.69, 9.17) is 33.3 Å². The number of benzene rings is 3. The van der Waals surface area contributed by atoms with Crippen LogP contribution in [0.1, 0.15) is 23.6 Å². The Kier molecular flexibility index (Phi) is 8.53. The molecule has 0 unspecified atom stereocenters. The molecule has 3 aromatic carbocycles. The molecule has 0 aliphatic carbocycles. The minimum absolute atomic E-state index is 0.175. The molecular weight excluding hydrogens is 528 g/mol. The monoisotopic (exact) mass is 552 g/mol. The molecule has 6 nitrogen and oxygen atoms in total. The summed E-state index contributed by atoms with van der Waals surface area (Å²) in [6.45, 7) is 3.75. The number of hydrogen-bond acceptors (Lipinski definition) is 6. The number of anilines is 2. The van der Waals surface area contributed by atoms with E-state index < -0.39 is 0 Å². The summed E-state index contributed by atoms with van der Waals surface area (Å²) in [6.07, 6.45) is 2.69. The van der Waals surface area contributed by atoms with Crippen LogP contribution < -0.4 is 19.7 Å². The van der Waals surface area contributed by atoms with Gasteiger partial charge in [-0.25, -0.2) is 0 Å². The Labute approximate surface area is 230 Å². The van der Waals surface area contributed by atoms with Crippen molar-refractivity contribution in [2.75, 3.05) is 23.9 Å². The smallest absolute Gasteiger partial charge is 0.270 e. The maximum atomic E-state index is 13.1. The van der Waals surface area contributed by atoms with Gasteiger partial charge < -0.3 is 14.8 Å². The number of rotatable bonds is 8. The van der Waals surface area contributed by atoms with Crippen LogP contribution in [0.5, 0.6) is 11.5 Å². The number of ether oxygens (including phenoxy) is 2. The van der Waals surface area contributed by atoms with E-state index in [1.54, 1.807) is 41.3 Å². The molecule has 9 heteroatoms. The highest BCUT2D eigenvalue weighted by molar-refractivity contribution is 8.27. The molecule has 0 spiro atoms. The molecule has 1 aliphatic rings. The van der Waals surface area contributed by atoms with Crippen molar-refractivity contribution in [2.45, 2.75) is 20.3 Å². The molecule has 4 rings (SSSR count). The van der Waals surface area contributed by atoms with Gasteiger partial charge in [0.25, 0.3) is 11.8 Å². The fraction of sp³-hybridized carbons (Fsp3) is 0.179. The van der Waals surface area contributed by atoms with Crippen LogP contribution >= 0.6 is 35.6 Å². The average molecular weight is 553 g/mol. The molecular formula is C28H25ClN2O4S2. The maximum Gasteiger partial charge on any atom is 0.270 e. The number of halogens is 1. The second-order valence-corrected chi connectivity index (χ2v) is 10.4. The zero-order valence-corrected chi connectivity index (χ0v) is 22.9. The number of nitrogens with zero attached hydrogens (tertiary/aromatic N) is 1. The minimum Gasteiger partial charge on any atom is -0.493 e. The first kappa shape index (κ1) is 26.7. The van der Waals surface area contributed by atoms with Gasteiger partial charge in [0.05, 0.1) is 17.7 Å². The highest BCUT2D eigenvalue weighted by Crippen LogP contribution is 2.37. The van der Waals surface area contributed by atoms with E-state index >= 15 is 0 Å². The van der Waals surface area contributed by atoms with Gasteiger partial charge in [-0.3, -0.25) is 14.5 Å². The third kappa shape index (κ3) is 6.33. The standard InChI is InChI=1S/C28H25ClN2O4S2/c1-4-18-6-10-21(11-7-18)31-27(33)25(37-28(31)36)14-19-8-12-23(24(13-19)34-3)35-16-26(32)30-22-15-20(29)9-5-17(22)2/h5-15H,4,16H2,1-3H3,(H,30,32)/b25-14-. The van der Waals surface area contributed by atoms with Gasteiger partial charge in [-0.1, -0.05) is 66.8 Å². The van der Waals surface area contributed by atoms with Crippen LogP contribution in [0.4, 0.5) is 11.4 Å². The van der Waals surface area contributed by atoms with E-state index in [1.165, 1.54) is 24.4 Å². The Balaban J connectivity index is 1.45. The van der Waals surface area contributed by atoms with E-state index in [-0.39, 0.29) is 18.4 Å². The van der Waals surface area contributed by atoms with Crippen molar-refractivity contribution < 1.29 is 19.1 Å². The van der Waals surface area contributed by atoms with E-state index in [0.717, 1.165) is 23.2 Å². The van der Waals surface area contributed by atoms with Crippen LogP contribution in [0.15, 0.2) is 65.6 Å². The molecule has 1 heterocycles. The molecule has 2 amide bonds. The second kappa shape index (κ2) is 11.8. The number of nitrogens with one attached hydrogen (secondary N) is 1. The van der Waals surface area contributed by atoms with Crippen molar-refractivity contribution in [3.8, 4) is 11.5 Å². The van der Waals surface area contributed by atoms with E-state index in [0.29, 0.717) is 31.4 Å². The van der Waals surface area contributed by atoms with Gasteiger partial charge in [-0.05, 0) is 72.5 Å². The molecule has 0 saturated carbocycles. The predicted molar refractivity (Wildman–Crippen MR) is 155 cm³/mol. The van der Waals surface area contributed by atoms with E-state index in [2.05, 4.69) is 12.2 Å². The lowest BCUT2D eigenvalue weighted by atomic mass is 10.1. The molecule has 0 atom stereocenters. The first-order chi connectivity index (χ1) is 17.8. The van der Waals surface area contributed by atoms with Crippen LogP contribution in [-0.4, -0.2) is 29.9 Å². The molecule has 1 fully saturated rings. The minimum atomic E-state index is -0.327. The summed E-state index contributed by atoms with van der Waals surface area (Å²) in [7, 11) is 1.51. The number of aryl methyl sites for hydroxylation is 2. The van der Waals surface area contributed by atoms with Crippen LogP contribution in [-0.2, 0) is 16.0 Å². The largest absolute Gasteiger partial charge is 0.493 e. The van der Waals surface area contributed by atoms with E-state index in [9.17, 15) is 9.59 Å². The summed E-state index contributed by atoms with van der Waals surface area (Å²) in [5, 5.41) is 3.33. The van der Waals surface area contributed by atoms with Gasteiger partial charge in [0.1, 0.15) is 0 Å². The summed E-state index contributed by atoms with van der Waals surface area (Å²) >= 11 is 12.8. The van der Waals surface area contributed by atoms with Crippen molar-refractivity contribution >= 4 is 69.2 Å². The third-order valence-corrected chi connectivity index (χ3v) is 7.25. The number of carbonyl (C=O) groups excluding carboxylic acids is 2. The SMILES string of the molecule is CCc1ccc(N2C(=O)/C(=C/c3ccc(OCC(=O)Nc4cc(Cl)ccc4C)c(OC)c3)SC2=S)cc1. The van der Waals surface area contributed by atoms with Gasteiger partial charge in [0.2, 0.25) is 0 Å². The van der Waals surface area contributed by atoms with Crippen molar-refractivity contribution in [1.82, 2.24) is 0 Å². The Morgan fingerprint density at radius 1 is 1.11 bits per heavy atom. The first-order valence-electron chi connectivity index (χ1n) is 11.5. The number of hydrogen-bond donors (Lipinski definition) is 1. The zero-order chi connectivity index (χ0) is 26.5. The van der Waals surface area contributed by atoms with Crippen molar-refractivity contribution in [2.24, 2.45) is 0 Å². The maximum absolute atomic E-state index is 13.1. The van der Waals surface area contributed by atoms with Crippen LogP contribution in [0.2, 0.25) is 5.02 Å². The fourth-order valence-corrected chi connectivity index (χ4v) is 5.15. The number of carbonyl (C=O) groups is 2. The zero-order valence-electron chi connectivity index (χ0n) is 20.5. The Morgan fingerprint density at radius 3 is 2.57 bits per heavy atom. The van der Waals surface area contributed by atoms with Gasteiger partial charge in [0.15, 0.2) is 22.4 Å². The third-order valence-electron chi connectivity index (χ3n) is 5.71. The van der Waals surface area contributed by atoms with E-state index in [1.807, 2.05) is 37.3 Å². The molecule has 190 valence electrons. The lowest BCUT2D eigenvalue weighted by Crippen LogP contribution is -2.27. The lowest BCUT2D eigenvalue weighted by Gasteiger charge is -2.14. The number of thiocarbonyl (C=S) groups is 1. The highest BCUT2D eigenvalue weighted by atomic mass is 35.5. The summed E-state index contributed by atoms with van der Waals surface area (Å²) < 4.78 is 11.6. The van der Waals surface area contributed by atoms with Crippen molar-refractivity contribution in [1.29, 1.82) is 0 Å². The first-order valence-corrected chi connectivity index (χ1v) is 13.1. The molecule has 1 aliphatic heterocycles. The van der Waals surface area contributed by atoms with Gasteiger partial charge in [-0.15, -0.1) is 0 Å². The summed E-state index contributed by atoms with van der Waals surface area (Å²) in [5.41, 5.74) is 4.20. The van der Waals surface area contributed by atoms with Gasteiger partial charge >= 0.3 is 0 Å². The Hall–Kier alpha value is -3.33. The number of thioether (sulfide) groups is 1. The van der Waals surface area contributed by atoms with Gasteiger partial charge in [-0.2, -0.15) is 0 Å². The molecule has 1 saturated heterocycles. The van der Waals surface area contributed by atoms with Crippen molar-refractivity contribution in [3.05, 3.63) is 87.3 Å². The molecule has 0 radical (unpaired) electrons. The Bertz CT molecular complexity index is 1390. The second-order valence-electron chi connectivity index (χ2n) is 8.24. The lowest BCUT2D eigenvalue weighted by molar-refractivity contribution is -0.118. The molecule has 3 aromatic rings. The summed E-state index contributed by atoms with van der Waals surface area (Å²) in [5.74, 6) is 0.339. The van der Waals surface area contributed by atoms with Crippen molar-refractivity contribution in [3.63, 3.8) is 0 Å². The van der Waals surface area contributed by atoms with Gasteiger partial charge in [0, 0.05) is 10.7 Å². The molecule has 1 N–H and O–H groups in total. The number of methoxy groups -OCH3 is 1. The topological polar surface area (TPSA) is 67.9 Å². The normalized spacial score (nSPS) is 14.3. The summed E-state index contributed by atoms with van der Waals surface area (Å²) in [4.78, 5) is 27.6. The average Bonchev–Trinajstić information content (AvgIpc) is 3.17.